The Morgan fingerprint density at radius 2 is 1.65 bits per heavy atom. The molecule has 276 valence electrons. The molecule has 0 radical (unpaired) electrons. The van der Waals surface area contributed by atoms with Crippen molar-refractivity contribution in [2.24, 2.45) is 0 Å². The van der Waals surface area contributed by atoms with Crippen molar-refractivity contribution < 1.29 is 41.1 Å². The Bertz CT molecular complexity index is 2620. The van der Waals surface area contributed by atoms with Gasteiger partial charge in [-0.15, -0.1) is 0 Å². The molecule has 7 aromatic rings. The number of aromatic nitrogens is 4. The van der Waals surface area contributed by atoms with Gasteiger partial charge in [0.25, 0.3) is 10.1 Å². The van der Waals surface area contributed by atoms with E-state index in [1.807, 2.05) is 6.92 Å². The van der Waals surface area contributed by atoms with Crippen molar-refractivity contribution >= 4 is 43.4 Å². The van der Waals surface area contributed by atoms with E-state index in [-0.39, 0.29) is 46.4 Å². The van der Waals surface area contributed by atoms with Crippen molar-refractivity contribution in [1.82, 2.24) is 19.9 Å². The quantitative estimate of drug-likeness (QED) is 0.105. The number of aryl methyl sites for hydroxylation is 1. The number of rotatable bonds is 10. The maximum Gasteiger partial charge on any atom is 0.294 e. The van der Waals surface area contributed by atoms with Crippen LogP contribution < -0.4 is 25.0 Å². The van der Waals surface area contributed by atoms with Crippen LogP contribution in [0.2, 0.25) is 0 Å². The standard InChI is InChI=1S/C31H23F2N5O5.C7H8O3S/c1-41-26-14-24-20(13-27(26)42-11-10-39)31(37-16-36-24)43-25-7-6-19(12-22(25)33)38-30-28-23(8-9-34-30)35-15-21(29(28)40)17-2-4-18(32)5-3-17;1-6-2-4-7(5-3-6)11(8,9)10/h2-9,12-16,39H,10-11H2,1H3,(H,34,38)(H,35,40);2-5H,1H3,(H,8,9,10). The average molecular weight is 756 g/mol. The van der Waals surface area contributed by atoms with Crippen LogP contribution in [0, 0.1) is 18.6 Å². The largest absolute Gasteiger partial charge is 0.493 e. The van der Waals surface area contributed by atoms with Crippen molar-refractivity contribution in [2.45, 2.75) is 11.8 Å². The van der Waals surface area contributed by atoms with Gasteiger partial charge in [-0.3, -0.25) is 9.35 Å². The van der Waals surface area contributed by atoms with Gasteiger partial charge >= 0.3 is 0 Å². The number of hydrogen-bond donors (Lipinski definition) is 4. The number of H-pyrrole nitrogens is 1. The molecule has 0 bridgehead atoms. The molecule has 13 nitrogen and oxygen atoms in total. The Balaban J connectivity index is 0.000000389. The van der Waals surface area contributed by atoms with Gasteiger partial charge in [0.05, 0.1) is 40.4 Å². The number of halogens is 2. The van der Waals surface area contributed by atoms with Gasteiger partial charge in [0.1, 0.15) is 24.6 Å². The number of pyridine rings is 2. The fourth-order valence-electron chi connectivity index (χ4n) is 5.26. The highest BCUT2D eigenvalue weighted by Crippen LogP contribution is 2.37. The molecule has 16 heteroatoms. The van der Waals surface area contributed by atoms with Crippen molar-refractivity contribution in [3.05, 3.63) is 131 Å². The topological polar surface area (TPSA) is 186 Å². The van der Waals surface area contributed by atoms with E-state index in [0.717, 1.165) is 5.56 Å². The summed E-state index contributed by atoms with van der Waals surface area (Å²) in [6.07, 6.45) is 4.35. The highest BCUT2D eigenvalue weighted by atomic mass is 32.2. The molecule has 0 saturated heterocycles. The van der Waals surface area contributed by atoms with E-state index >= 15 is 4.39 Å². The second kappa shape index (κ2) is 16.0. The first kappa shape index (κ1) is 37.3. The number of fused-ring (bicyclic) bond motifs is 2. The third-order valence-corrected chi connectivity index (χ3v) is 8.77. The lowest BCUT2D eigenvalue weighted by Crippen LogP contribution is -2.10. The molecule has 0 aliphatic heterocycles. The molecule has 0 atom stereocenters. The zero-order valence-corrected chi connectivity index (χ0v) is 29.4. The summed E-state index contributed by atoms with van der Waals surface area (Å²) in [5, 5.41) is 12.8. The summed E-state index contributed by atoms with van der Waals surface area (Å²) in [5.41, 5.74) is 2.80. The number of anilines is 2. The van der Waals surface area contributed by atoms with Crippen LogP contribution in [0.4, 0.5) is 20.3 Å². The third-order valence-electron chi connectivity index (χ3n) is 7.90. The summed E-state index contributed by atoms with van der Waals surface area (Å²) in [6.45, 7) is 1.69. The van der Waals surface area contributed by atoms with Crippen LogP contribution in [0.3, 0.4) is 0 Å². The highest BCUT2D eigenvalue weighted by molar-refractivity contribution is 7.85. The summed E-state index contributed by atoms with van der Waals surface area (Å²) < 4.78 is 75.0. The summed E-state index contributed by atoms with van der Waals surface area (Å²) in [7, 11) is -2.54. The summed E-state index contributed by atoms with van der Waals surface area (Å²) >= 11 is 0. The monoisotopic (exact) mass is 755 g/mol. The zero-order valence-electron chi connectivity index (χ0n) is 28.6. The third kappa shape index (κ3) is 8.42. The number of aliphatic hydroxyl groups excluding tert-OH is 1. The Morgan fingerprint density at radius 1 is 0.889 bits per heavy atom. The van der Waals surface area contributed by atoms with Crippen LogP contribution >= 0.6 is 0 Å². The van der Waals surface area contributed by atoms with Gasteiger partial charge in [0.2, 0.25) is 11.3 Å². The first-order chi connectivity index (χ1) is 25.9. The molecule has 0 saturated carbocycles. The van der Waals surface area contributed by atoms with Crippen molar-refractivity contribution in [3.63, 3.8) is 0 Å². The molecule has 3 aromatic heterocycles. The van der Waals surface area contributed by atoms with Crippen LogP contribution in [0.1, 0.15) is 5.56 Å². The van der Waals surface area contributed by atoms with Crippen LogP contribution in [-0.2, 0) is 10.1 Å². The van der Waals surface area contributed by atoms with Crippen molar-refractivity contribution in [2.75, 3.05) is 25.6 Å². The van der Waals surface area contributed by atoms with Crippen LogP contribution in [0.25, 0.3) is 32.9 Å². The Morgan fingerprint density at radius 3 is 2.33 bits per heavy atom. The van der Waals surface area contributed by atoms with E-state index in [0.29, 0.717) is 44.7 Å². The van der Waals surface area contributed by atoms with Crippen molar-refractivity contribution in [3.8, 4) is 34.3 Å². The molecule has 0 aliphatic carbocycles. The van der Waals surface area contributed by atoms with Gasteiger partial charge in [0.15, 0.2) is 23.1 Å². The van der Waals surface area contributed by atoms with E-state index in [9.17, 15) is 17.6 Å². The SMILES string of the molecule is COc1cc2ncnc(Oc3ccc(Nc4nccc5[nH]cc(-c6ccc(F)cc6)c(=O)c45)cc3F)c2cc1OCCO.Cc1ccc(S(=O)(=O)O)cc1. The van der Waals surface area contributed by atoms with E-state index in [2.05, 4.69) is 25.3 Å². The molecule has 54 heavy (non-hydrogen) atoms. The number of nitrogens with one attached hydrogen (secondary N) is 2. The van der Waals surface area contributed by atoms with Crippen LogP contribution in [-0.4, -0.2) is 58.3 Å². The van der Waals surface area contributed by atoms with E-state index < -0.39 is 21.8 Å². The number of ether oxygens (including phenoxy) is 3. The molecule has 7 rings (SSSR count). The summed E-state index contributed by atoms with van der Waals surface area (Å²) in [5.74, 6) is -0.200. The molecule has 0 aliphatic rings. The van der Waals surface area contributed by atoms with Gasteiger partial charge in [-0.05, 0) is 61.0 Å². The van der Waals surface area contributed by atoms with Gasteiger partial charge < -0.3 is 29.6 Å². The highest BCUT2D eigenvalue weighted by Gasteiger charge is 2.17. The van der Waals surface area contributed by atoms with Crippen LogP contribution in [0.5, 0.6) is 23.1 Å². The first-order valence-corrected chi connectivity index (χ1v) is 17.5. The first-order valence-electron chi connectivity index (χ1n) is 16.1. The Labute approximate surface area is 306 Å². The lowest BCUT2D eigenvalue weighted by atomic mass is 10.0. The minimum atomic E-state index is -4.02. The maximum atomic E-state index is 15.3. The molecule has 4 aromatic carbocycles. The van der Waals surface area contributed by atoms with E-state index in [4.69, 9.17) is 23.9 Å². The summed E-state index contributed by atoms with van der Waals surface area (Å²) in [6, 6.07) is 20.6. The van der Waals surface area contributed by atoms with E-state index in [1.165, 1.54) is 68.2 Å². The van der Waals surface area contributed by atoms with E-state index in [1.54, 1.807) is 42.6 Å². The molecular formula is C38H31F2N5O8S. The zero-order chi connectivity index (χ0) is 38.4. The molecular weight excluding hydrogens is 725 g/mol. The number of hydrogen-bond acceptors (Lipinski definition) is 11. The molecule has 0 amide bonds. The van der Waals surface area contributed by atoms with Gasteiger partial charge in [-0.2, -0.15) is 8.42 Å². The number of aromatic amines is 1. The lowest BCUT2D eigenvalue weighted by molar-refractivity contribution is 0.196. The molecule has 0 spiro atoms. The summed E-state index contributed by atoms with van der Waals surface area (Å²) in [4.78, 5) is 29.2. The Kier molecular flexibility index (Phi) is 11.1. The second-order valence-corrected chi connectivity index (χ2v) is 13.0. The predicted molar refractivity (Wildman–Crippen MR) is 197 cm³/mol. The van der Waals surface area contributed by atoms with Gasteiger partial charge in [0, 0.05) is 35.8 Å². The minimum Gasteiger partial charge on any atom is -0.493 e. The van der Waals surface area contributed by atoms with Crippen LogP contribution in [0.15, 0.2) is 113 Å². The normalized spacial score (nSPS) is 11.1. The lowest BCUT2D eigenvalue weighted by Gasteiger charge is -2.14. The van der Waals surface area contributed by atoms with Crippen molar-refractivity contribution in [1.29, 1.82) is 0 Å². The predicted octanol–water partition coefficient (Wildman–Crippen LogP) is 6.97. The second-order valence-electron chi connectivity index (χ2n) is 11.6. The maximum absolute atomic E-state index is 15.3. The minimum absolute atomic E-state index is 0.0415. The fourth-order valence-corrected chi connectivity index (χ4v) is 5.74. The number of methoxy groups -OCH3 is 1. The average Bonchev–Trinajstić information content (AvgIpc) is 3.15. The fraction of sp³-hybridized carbons (Fsp3) is 0.105. The smallest absolute Gasteiger partial charge is 0.294 e. The van der Waals surface area contributed by atoms with Gasteiger partial charge in [-0.25, -0.2) is 23.7 Å². The molecule has 0 fully saturated rings. The molecule has 0 unspecified atom stereocenters. The van der Waals surface area contributed by atoms with Gasteiger partial charge in [-0.1, -0.05) is 29.8 Å². The number of aliphatic hydroxyl groups is 1. The number of benzene rings is 4. The molecule has 4 N–H and O–H groups in total. The molecule has 3 heterocycles. The Hall–Kier alpha value is -6.49. The number of nitrogens with zero attached hydrogens (tertiary/aromatic N) is 3.